The van der Waals surface area contributed by atoms with E-state index in [0.717, 1.165) is 18.8 Å². The third-order valence-electron chi connectivity index (χ3n) is 4.69. The average molecular weight is 390 g/mol. The molecule has 1 atom stereocenters. The lowest BCUT2D eigenvalue weighted by molar-refractivity contribution is 0.602. The van der Waals surface area contributed by atoms with Gasteiger partial charge in [0.25, 0.3) is 0 Å². The van der Waals surface area contributed by atoms with Crippen molar-refractivity contribution in [2.75, 3.05) is 40.1 Å². The summed E-state index contributed by atoms with van der Waals surface area (Å²) in [5, 5.41) is 6.53. The second-order valence-electron chi connectivity index (χ2n) is 6.77. The molecule has 2 aromatic rings. The topological polar surface area (TPSA) is 87.2 Å². The molecule has 0 spiro atoms. The Kier molecular flexibility index (Phi) is 5.84. The van der Waals surface area contributed by atoms with Crippen LogP contribution >= 0.6 is 0 Å². The van der Waals surface area contributed by atoms with Crippen LogP contribution in [0.3, 0.4) is 0 Å². The monoisotopic (exact) mass is 389 g/mol. The first-order valence-electron chi connectivity index (χ1n) is 9.33. The summed E-state index contributed by atoms with van der Waals surface area (Å²) in [6.07, 6.45) is 0.612. The van der Waals surface area contributed by atoms with E-state index in [1.807, 2.05) is 25.1 Å². The fourth-order valence-corrected chi connectivity index (χ4v) is 4.99. The van der Waals surface area contributed by atoms with Crippen LogP contribution in [0.25, 0.3) is 0 Å². The van der Waals surface area contributed by atoms with E-state index < -0.39 is 9.84 Å². The van der Waals surface area contributed by atoms with Gasteiger partial charge in [-0.2, -0.15) is 0 Å². The minimum atomic E-state index is -2.93. The minimum Gasteiger partial charge on any atom is -0.372 e. The van der Waals surface area contributed by atoms with Gasteiger partial charge in [0.05, 0.1) is 11.5 Å². The fourth-order valence-electron chi connectivity index (χ4n) is 3.32. The van der Waals surface area contributed by atoms with E-state index in [1.165, 1.54) is 5.69 Å². The molecule has 8 heteroatoms. The number of benzene rings is 1. The van der Waals surface area contributed by atoms with Crippen LogP contribution in [0.15, 0.2) is 30.3 Å². The molecule has 1 fully saturated rings. The number of nitrogens with one attached hydrogen (secondary N) is 2. The number of aromatic nitrogens is 2. The van der Waals surface area contributed by atoms with Gasteiger partial charge >= 0.3 is 0 Å². The van der Waals surface area contributed by atoms with Crippen LogP contribution in [0.5, 0.6) is 0 Å². The van der Waals surface area contributed by atoms with E-state index >= 15 is 0 Å². The summed E-state index contributed by atoms with van der Waals surface area (Å²) in [6.45, 7) is 8.05. The number of hydrogen-bond acceptors (Lipinski definition) is 7. The summed E-state index contributed by atoms with van der Waals surface area (Å²) in [7, 11) is -2.93. The Bertz CT molecular complexity index is 879. The highest BCUT2D eigenvalue weighted by molar-refractivity contribution is 7.91. The van der Waals surface area contributed by atoms with Crippen LogP contribution in [0.2, 0.25) is 0 Å². The molecule has 1 saturated heterocycles. The molecule has 1 aromatic heterocycles. The van der Waals surface area contributed by atoms with E-state index in [4.69, 9.17) is 0 Å². The van der Waals surface area contributed by atoms with E-state index in [2.05, 4.69) is 51.5 Å². The molecule has 2 N–H and O–H groups in total. The maximum atomic E-state index is 11.6. The third kappa shape index (κ3) is 5.09. The van der Waals surface area contributed by atoms with Crippen LogP contribution in [-0.4, -0.2) is 49.0 Å². The van der Waals surface area contributed by atoms with Crippen molar-refractivity contribution >= 4 is 32.8 Å². The van der Waals surface area contributed by atoms with Gasteiger partial charge in [-0.1, -0.05) is 0 Å². The van der Waals surface area contributed by atoms with Gasteiger partial charge < -0.3 is 15.5 Å². The molecule has 0 saturated carbocycles. The minimum absolute atomic E-state index is 0.0921. The van der Waals surface area contributed by atoms with Crippen LogP contribution in [0.1, 0.15) is 26.1 Å². The summed E-state index contributed by atoms with van der Waals surface area (Å²) in [5.41, 5.74) is 2.13. The molecular formula is C19H27N5O2S. The van der Waals surface area contributed by atoms with Crippen molar-refractivity contribution in [1.29, 1.82) is 0 Å². The molecule has 146 valence electrons. The molecule has 3 rings (SSSR count). The summed E-state index contributed by atoms with van der Waals surface area (Å²) in [6, 6.07) is 9.96. The van der Waals surface area contributed by atoms with E-state index in [1.54, 1.807) is 0 Å². The van der Waals surface area contributed by atoms with Crippen molar-refractivity contribution in [3.05, 3.63) is 36.2 Å². The highest BCUT2D eigenvalue weighted by Gasteiger charge is 2.28. The van der Waals surface area contributed by atoms with Gasteiger partial charge in [0.15, 0.2) is 9.84 Å². The quantitative estimate of drug-likeness (QED) is 0.753. The molecular weight excluding hydrogens is 362 g/mol. The van der Waals surface area contributed by atoms with Crippen LogP contribution < -0.4 is 15.5 Å². The van der Waals surface area contributed by atoms with Crippen molar-refractivity contribution in [3.63, 3.8) is 0 Å². The van der Waals surface area contributed by atoms with Crippen LogP contribution in [-0.2, 0) is 9.84 Å². The van der Waals surface area contributed by atoms with Gasteiger partial charge in [-0.3, -0.25) is 0 Å². The number of hydrogen-bond donors (Lipinski definition) is 2. The number of aryl methyl sites for hydroxylation is 1. The molecule has 1 unspecified atom stereocenters. The van der Waals surface area contributed by atoms with E-state index in [9.17, 15) is 8.42 Å². The lowest BCUT2D eigenvalue weighted by Gasteiger charge is -2.21. The summed E-state index contributed by atoms with van der Waals surface area (Å²) in [5.74, 6) is 2.35. The van der Waals surface area contributed by atoms with Crippen molar-refractivity contribution in [3.8, 4) is 0 Å². The molecule has 1 aromatic carbocycles. The SMILES string of the molecule is CCN(CC)c1ccc(Nc2cc(NC3CCS(=O)(=O)C3)nc(C)n2)cc1. The Hall–Kier alpha value is -2.35. The Labute approximate surface area is 161 Å². The zero-order valence-corrected chi connectivity index (χ0v) is 16.9. The first kappa shape index (κ1) is 19.4. The van der Waals surface area contributed by atoms with Gasteiger partial charge in [0.2, 0.25) is 0 Å². The van der Waals surface area contributed by atoms with Crippen LogP contribution in [0, 0.1) is 6.92 Å². The molecule has 7 nitrogen and oxygen atoms in total. The molecule has 0 bridgehead atoms. The zero-order chi connectivity index (χ0) is 19.4. The van der Waals surface area contributed by atoms with Crippen molar-refractivity contribution in [1.82, 2.24) is 9.97 Å². The zero-order valence-electron chi connectivity index (χ0n) is 16.1. The first-order chi connectivity index (χ1) is 12.9. The van der Waals surface area contributed by atoms with Gasteiger partial charge in [0, 0.05) is 36.6 Å². The Morgan fingerprint density at radius 2 is 1.78 bits per heavy atom. The number of anilines is 4. The second-order valence-corrected chi connectivity index (χ2v) is 9.00. The predicted molar refractivity (Wildman–Crippen MR) is 111 cm³/mol. The Morgan fingerprint density at radius 1 is 1.11 bits per heavy atom. The van der Waals surface area contributed by atoms with E-state index in [-0.39, 0.29) is 17.5 Å². The number of rotatable bonds is 7. The highest BCUT2D eigenvalue weighted by Crippen LogP contribution is 2.23. The Balaban J connectivity index is 1.71. The van der Waals surface area contributed by atoms with Gasteiger partial charge in [-0.15, -0.1) is 0 Å². The molecule has 1 aliphatic rings. The van der Waals surface area contributed by atoms with Crippen LogP contribution in [0.4, 0.5) is 23.0 Å². The predicted octanol–water partition coefficient (Wildman–Crippen LogP) is 2.97. The first-order valence-corrected chi connectivity index (χ1v) is 11.2. The van der Waals surface area contributed by atoms with Crippen molar-refractivity contribution in [2.24, 2.45) is 0 Å². The molecule has 1 aliphatic heterocycles. The third-order valence-corrected chi connectivity index (χ3v) is 6.46. The number of nitrogens with zero attached hydrogens (tertiary/aromatic N) is 3. The average Bonchev–Trinajstić information content (AvgIpc) is 2.95. The number of sulfone groups is 1. The van der Waals surface area contributed by atoms with Crippen molar-refractivity contribution < 1.29 is 8.42 Å². The molecule has 27 heavy (non-hydrogen) atoms. The summed E-state index contributed by atoms with van der Waals surface area (Å²) >= 11 is 0. The van der Waals surface area contributed by atoms with E-state index in [0.29, 0.717) is 23.9 Å². The van der Waals surface area contributed by atoms with Gasteiger partial charge in [0.1, 0.15) is 17.5 Å². The largest absolute Gasteiger partial charge is 0.372 e. The fraction of sp³-hybridized carbons (Fsp3) is 0.474. The molecule has 0 radical (unpaired) electrons. The summed E-state index contributed by atoms with van der Waals surface area (Å²) in [4.78, 5) is 11.1. The molecule has 2 heterocycles. The normalized spacial score (nSPS) is 18.3. The maximum absolute atomic E-state index is 11.6. The lowest BCUT2D eigenvalue weighted by atomic mass is 10.2. The van der Waals surface area contributed by atoms with Gasteiger partial charge in [-0.25, -0.2) is 18.4 Å². The smallest absolute Gasteiger partial charge is 0.152 e. The lowest BCUT2D eigenvalue weighted by Crippen LogP contribution is -2.21. The summed E-state index contributed by atoms with van der Waals surface area (Å²) < 4.78 is 23.3. The standard InChI is InChI=1S/C19H27N5O2S/c1-4-24(5-2)17-8-6-15(7-9-17)22-18-12-19(21-14(3)20-18)23-16-10-11-27(25,26)13-16/h6-9,12,16H,4-5,10-11,13H2,1-3H3,(H2,20,21,22,23). The molecule has 0 amide bonds. The van der Waals surface area contributed by atoms with Gasteiger partial charge in [-0.05, 0) is 51.5 Å². The molecule has 0 aliphatic carbocycles. The van der Waals surface area contributed by atoms with Crippen molar-refractivity contribution in [2.45, 2.75) is 33.2 Å². The Morgan fingerprint density at radius 3 is 2.37 bits per heavy atom. The second kappa shape index (κ2) is 8.12. The maximum Gasteiger partial charge on any atom is 0.152 e. The highest BCUT2D eigenvalue weighted by atomic mass is 32.2.